The molecule has 3 rings (SSSR count). The van der Waals surface area contributed by atoms with Crippen LogP contribution >= 0.6 is 31.9 Å². The summed E-state index contributed by atoms with van der Waals surface area (Å²) in [7, 11) is 0. The molecule has 0 saturated carbocycles. The van der Waals surface area contributed by atoms with Crippen LogP contribution in [0, 0.1) is 5.92 Å². The monoisotopic (exact) mass is 465 g/mol. The maximum absolute atomic E-state index is 13.2. The molecule has 1 heterocycles. The predicted octanol–water partition coefficient (Wildman–Crippen LogP) is 4.62. The number of likely N-dealkylation sites (tertiary alicyclic amines) is 1. The van der Waals surface area contributed by atoms with E-state index >= 15 is 0 Å². The fourth-order valence-corrected chi connectivity index (χ4v) is 4.02. The maximum Gasteiger partial charge on any atom is 0.170 e. The van der Waals surface area contributed by atoms with E-state index in [9.17, 15) is 9.90 Å². The number of aliphatic hydroxyl groups is 1. The van der Waals surface area contributed by atoms with Crippen molar-refractivity contribution in [3.8, 4) is 0 Å². The van der Waals surface area contributed by atoms with Crippen molar-refractivity contribution in [3.63, 3.8) is 0 Å². The number of ketones is 1. The molecule has 2 aromatic carbocycles. The van der Waals surface area contributed by atoms with Gasteiger partial charge in [0.25, 0.3) is 0 Å². The minimum Gasteiger partial charge on any atom is -0.384 e. The van der Waals surface area contributed by atoms with Gasteiger partial charge in [0, 0.05) is 27.6 Å². The Morgan fingerprint density at radius 1 is 1.12 bits per heavy atom. The van der Waals surface area contributed by atoms with Crippen LogP contribution in [0.2, 0.25) is 0 Å². The molecule has 1 saturated heterocycles. The van der Waals surface area contributed by atoms with Crippen molar-refractivity contribution >= 4 is 37.6 Å². The van der Waals surface area contributed by atoms with Gasteiger partial charge in [-0.1, -0.05) is 63.0 Å². The fourth-order valence-electron chi connectivity index (χ4n) is 3.49. The SMILES string of the molecule is CCN1CC[C@@](O)(c2ccc(Br)cc2)[C@H](C(=O)c2ccc(Br)cc2)C1. The molecular weight excluding hydrogens is 446 g/mol. The normalized spacial score (nSPS) is 24.2. The molecule has 1 aliphatic heterocycles. The second-order valence-corrected chi connectivity index (χ2v) is 8.33. The van der Waals surface area contributed by atoms with Crippen LogP contribution in [0.3, 0.4) is 0 Å². The van der Waals surface area contributed by atoms with E-state index in [0.717, 1.165) is 27.6 Å². The summed E-state index contributed by atoms with van der Waals surface area (Å²) in [6.45, 7) is 4.32. The van der Waals surface area contributed by atoms with Crippen molar-refractivity contribution in [2.75, 3.05) is 19.6 Å². The summed E-state index contributed by atoms with van der Waals surface area (Å²) in [5, 5.41) is 11.5. The second-order valence-electron chi connectivity index (χ2n) is 6.50. The van der Waals surface area contributed by atoms with Gasteiger partial charge >= 0.3 is 0 Å². The van der Waals surface area contributed by atoms with Crippen molar-refractivity contribution in [2.24, 2.45) is 5.92 Å². The van der Waals surface area contributed by atoms with Crippen LogP contribution < -0.4 is 0 Å². The van der Waals surface area contributed by atoms with Gasteiger partial charge in [-0.3, -0.25) is 4.79 Å². The minimum atomic E-state index is -1.14. The Hall–Kier alpha value is -1.01. The minimum absolute atomic E-state index is 0.00364. The largest absolute Gasteiger partial charge is 0.384 e. The zero-order valence-corrected chi connectivity index (χ0v) is 17.3. The van der Waals surface area contributed by atoms with Gasteiger partial charge in [0.1, 0.15) is 5.60 Å². The van der Waals surface area contributed by atoms with E-state index in [1.807, 2.05) is 48.5 Å². The molecule has 2 aromatic rings. The number of hydrogen-bond acceptors (Lipinski definition) is 3. The third-order valence-corrected chi connectivity index (χ3v) is 6.12. The van der Waals surface area contributed by atoms with Gasteiger partial charge in [0.2, 0.25) is 0 Å². The highest BCUT2D eigenvalue weighted by Crippen LogP contribution is 2.39. The highest BCUT2D eigenvalue weighted by molar-refractivity contribution is 9.10. The average Bonchev–Trinajstić information content (AvgIpc) is 2.62. The van der Waals surface area contributed by atoms with Crippen molar-refractivity contribution in [1.29, 1.82) is 0 Å². The standard InChI is InChI=1S/C20H21Br2NO2/c1-2-23-12-11-20(25,15-5-9-17(22)10-6-15)18(13-23)19(24)14-3-7-16(21)8-4-14/h3-10,18,25H,2,11-13H2,1H3/t18-,20+/m0/s1. The van der Waals surface area contributed by atoms with Crippen LogP contribution in [-0.4, -0.2) is 35.4 Å². The summed E-state index contributed by atoms with van der Waals surface area (Å²) >= 11 is 6.84. The van der Waals surface area contributed by atoms with Gasteiger partial charge in [-0.2, -0.15) is 0 Å². The van der Waals surface area contributed by atoms with Crippen LogP contribution in [0.1, 0.15) is 29.3 Å². The fraction of sp³-hybridized carbons (Fsp3) is 0.350. The quantitative estimate of drug-likeness (QED) is 0.668. The first-order chi connectivity index (χ1) is 11.9. The second kappa shape index (κ2) is 7.70. The molecule has 0 amide bonds. The van der Waals surface area contributed by atoms with E-state index in [2.05, 4.69) is 43.7 Å². The van der Waals surface area contributed by atoms with Gasteiger partial charge in [-0.15, -0.1) is 0 Å². The zero-order chi connectivity index (χ0) is 18.0. The Balaban J connectivity index is 1.98. The molecule has 0 bridgehead atoms. The number of nitrogens with zero attached hydrogens (tertiary/aromatic N) is 1. The number of piperidine rings is 1. The van der Waals surface area contributed by atoms with Crippen LogP contribution in [0.4, 0.5) is 0 Å². The van der Waals surface area contributed by atoms with E-state index in [1.54, 1.807) is 0 Å². The van der Waals surface area contributed by atoms with Crippen LogP contribution in [0.25, 0.3) is 0 Å². The van der Waals surface area contributed by atoms with Crippen LogP contribution in [0.15, 0.2) is 57.5 Å². The average molecular weight is 467 g/mol. The lowest BCUT2D eigenvalue weighted by Gasteiger charge is -2.44. The van der Waals surface area contributed by atoms with Crippen molar-refractivity contribution < 1.29 is 9.90 Å². The lowest BCUT2D eigenvalue weighted by atomic mass is 9.72. The Labute approximate surface area is 165 Å². The summed E-state index contributed by atoms with van der Waals surface area (Å²) < 4.78 is 1.90. The summed E-state index contributed by atoms with van der Waals surface area (Å²) in [5.74, 6) is -0.486. The topological polar surface area (TPSA) is 40.5 Å². The van der Waals surface area contributed by atoms with E-state index in [1.165, 1.54) is 0 Å². The van der Waals surface area contributed by atoms with Crippen molar-refractivity contribution in [3.05, 3.63) is 68.6 Å². The Bertz CT molecular complexity index is 745. The van der Waals surface area contributed by atoms with Crippen LogP contribution in [0.5, 0.6) is 0 Å². The number of carbonyl (C=O) groups excluding carboxylic acids is 1. The highest BCUT2D eigenvalue weighted by Gasteiger charge is 2.46. The van der Waals surface area contributed by atoms with Crippen molar-refractivity contribution in [2.45, 2.75) is 18.9 Å². The zero-order valence-electron chi connectivity index (χ0n) is 14.1. The lowest BCUT2D eigenvalue weighted by molar-refractivity contribution is -0.0632. The van der Waals surface area contributed by atoms with Gasteiger partial charge in [-0.05, 0) is 42.8 Å². The first-order valence-electron chi connectivity index (χ1n) is 8.44. The van der Waals surface area contributed by atoms with E-state index in [0.29, 0.717) is 18.5 Å². The van der Waals surface area contributed by atoms with Gasteiger partial charge < -0.3 is 10.0 Å². The van der Waals surface area contributed by atoms with Gasteiger partial charge in [-0.25, -0.2) is 0 Å². The number of Topliss-reactive ketones (excluding diaryl/α,β-unsaturated/α-hetero) is 1. The third kappa shape index (κ3) is 3.90. The molecule has 0 aliphatic carbocycles. The van der Waals surface area contributed by atoms with Crippen LogP contribution in [-0.2, 0) is 5.60 Å². The molecule has 5 heteroatoms. The van der Waals surface area contributed by atoms with Crippen molar-refractivity contribution in [1.82, 2.24) is 4.90 Å². The summed E-state index contributed by atoms with van der Waals surface area (Å²) in [6, 6.07) is 15.0. The smallest absolute Gasteiger partial charge is 0.170 e. The number of rotatable bonds is 4. The van der Waals surface area contributed by atoms with E-state index in [-0.39, 0.29) is 5.78 Å². The molecule has 132 valence electrons. The lowest BCUT2D eigenvalue weighted by Crippen LogP contribution is -2.53. The number of halogens is 2. The maximum atomic E-state index is 13.2. The molecule has 1 aliphatic rings. The molecule has 2 atom stereocenters. The number of hydrogen-bond donors (Lipinski definition) is 1. The van der Waals surface area contributed by atoms with E-state index in [4.69, 9.17) is 0 Å². The molecule has 0 spiro atoms. The van der Waals surface area contributed by atoms with Gasteiger partial charge in [0.15, 0.2) is 5.78 Å². The summed E-state index contributed by atoms with van der Waals surface area (Å²) in [6.07, 6.45) is 0.551. The van der Waals surface area contributed by atoms with Gasteiger partial charge in [0.05, 0.1) is 5.92 Å². The summed E-state index contributed by atoms with van der Waals surface area (Å²) in [5.41, 5.74) is 0.305. The Morgan fingerprint density at radius 3 is 2.24 bits per heavy atom. The molecule has 1 N–H and O–H groups in total. The third-order valence-electron chi connectivity index (χ3n) is 5.06. The molecule has 25 heavy (non-hydrogen) atoms. The molecule has 3 nitrogen and oxygen atoms in total. The molecule has 0 radical (unpaired) electrons. The Kier molecular flexibility index (Phi) is 5.78. The summed E-state index contributed by atoms with van der Waals surface area (Å²) in [4.78, 5) is 15.4. The number of benzene rings is 2. The highest BCUT2D eigenvalue weighted by atomic mass is 79.9. The molecule has 0 aromatic heterocycles. The first-order valence-corrected chi connectivity index (χ1v) is 10.0. The predicted molar refractivity (Wildman–Crippen MR) is 107 cm³/mol. The molecular formula is C20H21Br2NO2. The number of carbonyl (C=O) groups is 1. The Morgan fingerprint density at radius 2 is 1.68 bits per heavy atom. The van der Waals surface area contributed by atoms with E-state index < -0.39 is 11.5 Å². The molecule has 0 unspecified atom stereocenters. The first kappa shape index (κ1) is 18.8. The molecule has 1 fully saturated rings.